The van der Waals surface area contributed by atoms with E-state index in [4.69, 9.17) is 16.1 Å². The molecule has 6 nitrogen and oxygen atoms in total. The summed E-state index contributed by atoms with van der Waals surface area (Å²) in [7, 11) is 3.25. The highest BCUT2D eigenvalue weighted by Crippen LogP contribution is 2.26. The van der Waals surface area contributed by atoms with Gasteiger partial charge in [0, 0.05) is 26.5 Å². The monoisotopic (exact) mass is 311 g/mol. The van der Waals surface area contributed by atoms with Crippen LogP contribution in [0.4, 0.5) is 0 Å². The van der Waals surface area contributed by atoms with Crippen LogP contribution in [0.3, 0.4) is 0 Å². The summed E-state index contributed by atoms with van der Waals surface area (Å²) in [4.78, 5) is 18.8. The molecule has 0 fully saturated rings. The lowest BCUT2D eigenvalue weighted by atomic mass is 9.95. The minimum absolute atomic E-state index is 0.146. The van der Waals surface area contributed by atoms with E-state index >= 15 is 0 Å². The zero-order valence-corrected chi connectivity index (χ0v) is 13.2. The molecule has 2 aromatic rings. The van der Waals surface area contributed by atoms with E-state index in [-0.39, 0.29) is 17.1 Å². The van der Waals surface area contributed by atoms with Crippen LogP contribution in [0, 0.1) is 5.92 Å². The molecule has 0 aliphatic carbocycles. The highest BCUT2D eigenvalue weighted by atomic mass is 35.5. The van der Waals surface area contributed by atoms with E-state index in [2.05, 4.69) is 19.9 Å². The molecule has 0 bridgehead atoms. The molecule has 2 aromatic heterocycles. The maximum atomic E-state index is 11.0. The van der Waals surface area contributed by atoms with Gasteiger partial charge in [0.2, 0.25) is 5.28 Å². The predicted octanol–water partition coefficient (Wildman–Crippen LogP) is 2.99. The predicted molar refractivity (Wildman–Crippen MR) is 79.1 cm³/mol. The van der Waals surface area contributed by atoms with Crippen molar-refractivity contribution in [2.75, 3.05) is 14.2 Å². The Morgan fingerprint density at radius 3 is 2.52 bits per heavy atom. The van der Waals surface area contributed by atoms with Crippen molar-refractivity contribution >= 4 is 17.9 Å². The maximum absolute atomic E-state index is 11.0. The first kappa shape index (κ1) is 17.3. The Bertz CT molecular complexity index is 572. The van der Waals surface area contributed by atoms with Crippen LogP contribution in [-0.4, -0.2) is 35.6 Å². The van der Waals surface area contributed by atoms with Gasteiger partial charge in [-0.3, -0.25) is 0 Å². The first-order valence-corrected chi connectivity index (χ1v) is 6.72. The molecular formula is C14H18ClN3O3. The molecule has 2 heterocycles. The molecule has 0 saturated heterocycles. The Hall–Kier alpha value is -1.79. The largest absolute Gasteiger partial charge is 0.388 e. The van der Waals surface area contributed by atoms with Gasteiger partial charge in [0.05, 0.1) is 11.6 Å². The number of halogens is 1. The molecule has 0 aliphatic heterocycles. The van der Waals surface area contributed by atoms with E-state index in [1.165, 1.54) is 0 Å². The maximum Gasteiger partial charge on any atom is 0.222 e. The molecule has 0 aromatic carbocycles. The molecule has 0 radical (unpaired) electrons. The Morgan fingerprint density at radius 1 is 1.33 bits per heavy atom. The summed E-state index contributed by atoms with van der Waals surface area (Å²) in [5.74, 6) is 0.380. The molecule has 1 atom stereocenters. The summed E-state index contributed by atoms with van der Waals surface area (Å²) in [5, 5.41) is 4.04. The summed E-state index contributed by atoms with van der Waals surface area (Å²) in [6.07, 6.45) is 2.40. The average Bonchev–Trinajstić information content (AvgIpc) is 2.89. The van der Waals surface area contributed by atoms with Gasteiger partial charge in [0.15, 0.2) is 0 Å². The Kier molecular flexibility index (Phi) is 6.98. The van der Waals surface area contributed by atoms with Gasteiger partial charge in [-0.25, -0.2) is 9.97 Å². The van der Waals surface area contributed by atoms with E-state index in [0.29, 0.717) is 17.1 Å². The van der Waals surface area contributed by atoms with E-state index < -0.39 is 0 Å². The fraction of sp³-hybridized carbons (Fsp3) is 0.429. The van der Waals surface area contributed by atoms with Gasteiger partial charge in [0.1, 0.15) is 17.7 Å². The molecule has 0 saturated carbocycles. The number of methoxy groups -OCH3 is 1. The minimum atomic E-state index is -0.302. The third kappa shape index (κ3) is 4.91. The molecule has 114 valence electrons. The molecule has 21 heavy (non-hydrogen) atoms. The molecule has 0 amide bonds. The average molecular weight is 312 g/mol. The van der Waals surface area contributed by atoms with Crippen LogP contribution in [0.15, 0.2) is 22.9 Å². The first-order valence-electron chi connectivity index (χ1n) is 6.34. The van der Waals surface area contributed by atoms with E-state index in [1.807, 2.05) is 13.8 Å². The molecule has 0 aliphatic rings. The number of aldehydes is 1. The molecule has 0 spiro atoms. The number of nitrogens with zero attached hydrogens (tertiary/aromatic N) is 3. The zero-order chi connectivity index (χ0) is 15.8. The van der Waals surface area contributed by atoms with Crippen LogP contribution >= 0.6 is 11.6 Å². The lowest BCUT2D eigenvalue weighted by Gasteiger charge is -2.08. The fourth-order valence-electron chi connectivity index (χ4n) is 1.60. The standard InChI is InChI=1S/C12H12ClN3O2.C2H6O/c1-7(2)8(6-17)11-5-10(16-18-11)9-3-4-14-12(13)15-9;1-3-2/h3-8H,1-2H3;1-2H3. The van der Waals surface area contributed by atoms with Crippen LogP contribution in [0.2, 0.25) is 5.28 Å². The van der Waals surface area contributed by atoms with Crippen molar-refractivity contribution in [1.29, 1.82) is 0 Å². The molecule has 2 rings (SSSR count). The smallest absolute Gasteiger partial charge is 0.222 e. The summed E-state index contributed by atoms with van der Waals surface area (Å²) in [5.41, 5.74) is 1.11. The Balaban J connectivity index is 0.000000677. The number of hydrogen-bond acceptors (Lipinski definition) is 6. The van der Waals surface area contributed by atoms with Crippen molar-refractivity contribution in [2.45, 2.75) is 19.8 Å². The lowest BCUT2D eigenvalue weighted by Crippen LogP contribution is -2.06. The Morgan fingerprint density at radius 2 is 2.00 bits per heavy atom. The summed E-state index contributed by atoms with van der Waals surface area (Å²) in [6.45, 7) is 3.89. The number of carbonyl (C=O) groups is 1. The van der Waals surface area contributed by atoms with Gasteiger partial charge in [-0.15, -0.1) is 0 Å². The molecule has 1 unspecified atom stereocenters. The van der Waals surface area contributed by atoms with Crippen molar-refractivity contribution < 1.29 is 14.1 Å². The van der Waals surface area contributed by atoms with Crippen molar-refractivity contribution in [1.82, 2.24) is 15.1 Å². The third-order valence-electron chi connectivity index (χ3n) is 2.61. The lowest BCUT2D eigenvalue weighted by molar-refractivity contribution is -0.110. The molecule has 7 heteroatoms. The highest BCUT2D eigenvalue weighted by molar-refractivity contribution is 6.28. The van der Waals surface area contributed by atoms with Gasteiger partial charge >= 0.3 is 0 Å². The second kappa shape index (κ2) is 8.49. The second-order valence-corrected chi connectivity index (χ2v) is 4.98. The summed E-state index contributed by atoms with van der Waals surface area (Å²) >= 11 is 5.71. The van der Waals surface area contributed by atoms with Gasteiger partial charge in [0.25, 0.3) is 0 Å². The normalized spacial score (nSPS) is 11.7. The number of aromatic nitrogens is 3. The van der Waals surface area contributed by atoms with Crippen molar-refractivity contribution in [3.63, 3.8) is 0 Å². The van der Waals surface area contributed by atoms with Crippen LogP contribution in [-0.2, 0) is 9.53 Å². The summed E-state index contributed by atoms with van der Waals surface area (Å²) in [6, 6.07) is 3.39. The fourth-order valence-corrected chi connectivity index (χ4v) is 1.74. The quantitative estimate of drug-likeness (QED) is 0.638. The summed E-state index contributed by atoms with van der Waals surface area (Å²) < 4.78 is 9.44. The van der Waals surface area contributed by atoms with Gasteiger partial charge < -0.3 is 14.1 Å². The number of ether oxygens (including phenoxy) is 1. The first-order chi connectivity index (χ1) is 10.0. The number of rotatable bonds is 4. The van der Waals surface area contributed by atoms with Gasteiger partial charge in [-0.05, 0) is 23.6 Å². The molecule has 0 N–H and O–H groups in total. The minimum Gasteiger partial charge on any atom is -0.388 e. The number of hydrogen-bond donors (Lipinski definition) is 0. The van der Waals surface area contributed by atoms with Crippen LogP contribution in [0.5, 0.6) is 0 Å². The van der Waals surface area contributed by atoms with Crippen molar-refractivity contribution in [3.8, 4) is 11.4 Å². The number of carbonyl (C=O) groups excluding carboxylic acids is 1. The van der Waals surface area contributed by atoms with Crippen LogP contribution in [0.25, 0.3) is 11.4 Å². The van der Waals surface area contributed by atoms with Crippen molar-refractivity contribution in [2.24, 2.45) is 5.92 Å². The molecular weight excluding hydrogens is 294 g/mol. The van der Waals surface area contributed by atoms with E-state index in [0.717, 1.165) is 6.29 Å². The van der Waals surface area contributed by atoms with Crippen LogP contribution < -0.4 is 0 Å². The van der Waals surface area contributed by atoms with Gasteiger partial charge in [-0.1, -0.05) is 19.0 Å². The SMILES string of the molecule is CC(C)C(C=O)c1cc(-c2ccnc(Cl)n2)no1.COC. The third-order valence-corrected chi connectivity index (χ3v) is 2.79. The Labute approximate surface area is 128 Å². The topological polar surface area (TPSA) is 78.1 Å². The zero-order valence-electron chi connectivity index (χ0n) is 12.4. The second-order valence-electron chi connectivity index (χ2n) is 4.64. The van der Waals surface area contributed by atoms with E-state index in [9.17, 15) is 4.79 Å². The van der Waals surface area contributed by atoms with Crippen molar-refractivity contribution in [3.05, 3.63) is 29.4 Å². The van der Waals surface area contributed by atoms with E-state index in [1.54, 1.807) is 32.5 Å². The van der Waals surface area contributed by atoms with Gasteiger partial charge in [-0.2, -0.15) is 0 Å². The highest BCUT2D eigenvalue weighted by Gasteiger charge is 2.20. The van der Waals surface area contributed by atoms with Crippen LogP contribution in [0.1, 0.15) is 25.5 Å².